The molecule has 7 rings (SSSR count). The first-order chi connectivity index (χ1) is 23.0. The summed E-state index contributed by atoms with van der Waals surface area (Å²) in [5, 5.41) is 14.0. The van der Waals surface area contributed by atoms with Crippen LogP contribution in [0.3, 0.4) is 0 Å². The molecule has 0 bridgehead atoms. The van der Waals surface area contributed by atoms with Crippen molar-refractivity contribution in [3.05, 3.63) is 131 Å². The summed E-state index contributed by atoms with van der Waals surface area (Å²) < 4.78 is 14.0. The molecule has 1 aromatic heterocycles. The quantitative estimate of drug-likeness (QED) is 0.155. The lowest BCUT2D eigenvalue weighted by Gasteiger charge is -2.31. The minimum absolute atomic E-state index is 0.349. The number of para-hydroxylation sites is 2. The number of aromatic carboxylic acids is 1. The molecular weight excluding hydrogens is 584 g/mol. The Morgan fingerprint density at radius 1 is 0.830 bits per heavy atom. The van der Waals surface area contributed by atoms with Crippen molar-refractivity contribution in [2.24, 2.45) is 0 Å². The molecule has 47 heavy (non-hydrogen) atoms. The van der Waals surface area contributed by atoms with E-state index < -0.39 is 5.97 Å². The summed E-state index contributed by atoms with van der Waals surface area (Å²) >= 11 is 0. The Bertz CT molecular complexity index is 2070. The van der Waals surface area contributed by atoms with Crippen LogP contribution in [-0.2, 0) is 17.7 Å². The molecule has 0 aliphatic carbocycles. The van der Waals surface area contributed by atoms with Gasteiger partial charge >= 0.3 is 5.97 Å². The number of carboxylic acids is 1. The normalized spacial score (nSPS) is 13.4. The minimum atomic E-state index is -0.914. The number of morpholine rings is 1. The number of carbonyl (C=O) groups is 1. The first-order valence-electron chi connectivity index (χ1n) is 16.5. The van der Waals surface area contributed by atoms with Gasteiger partial charge in [-0.3, -0.25) is 0 Å². The first-order valence-corrected chi connectivity index (χ1v) is 16.5. The SMILES string of the molecule is Cc1ccc(Cn2c(C(=O)O)c(CCCOc3cccc4ccccc34)c3cccc(-c4ccccc4N4CCOCC4)c32)c(C)c1. The summed E-state index contributed by atoms with van der Waals surface area (Å²) in [6.07, 6.45) is 1.26. The second-order valence-corrected chi connectivity index (χ2v) is 12.4. The number of hydrogen-bond donors (Lipinski definition) is 1. The Morgan fingerprint density at radius 3 is 2.38 bits per heavy atom. The van der Waals surface area contributed by atoms with E-state index in [4.69, 9.17) is 9.47 Å². The van der Waals surface area contributed by atoms with Crippen LogP contribution >= 0.6 is 0 Å². The largest absolute Gasteiger partial charge is 0.493 e. The molecule has 6 heteroatoms. The zero-order valence-corrected chi connectivity index (χ0v) is 27.0. The van der Waals surface area contributed by atoms with Crippen LogP contribution < -0.4 is 9.64 Å². The summed E-state index contributed by atoms with van der Waals surface area (Å²) in [5.41, 5.74) is 8.88. The lowest BCUT2D eigenvalue weighted by atomic mass is 9.98. The van der Waals surface area contributed by atoms with Gasteiger partial charge in [-0.25, -0.2) is 4.79 Å². The van der Waals surface area contributed by atoms with Gasteiger partial charge in [0.2, 0.25) is 0 Å². The monoisotopic (exact) mass is 624 g/mol. The molecule has 1 saturated heterocycles. The Kier molecular flexibility index (Phi) is 8.68. The summed E-state index contributed by atoms with van der Waals surface area (Å²) in [5.74, 6) is -0.0656. The Balaban J connectivity index is 1.32. The Morgan fingerprint density at radius 2 is 1.55 bits per heavy atom. The smallest absolute Gasteiger partial charge is 0.352 e. The van der Waals surface area contributed by atoms with Gasteiger partial charge in [-0.15, -0.1) is 0 Å². The van der Waals surface area contributed by atoms with Crippen molar-refractivity contribution in [2.45, 2.75) is 33.2 Å². The molecular formula is C41H40N2O4. The Labute approximate surface area is 275 Å². The number of benzene rings is 5. The third-order valence-corrected chi connectivity index (χ3v) is 9.34. The number of nitrogens with zero attached hydrogens (tertiary/aromatic N) is 2. The van der Waals surface area contributed by atoms with E-state index in [9.17, 15) is 9.90 Å². The predicted molar refractivity (Wildman–Crippen MR) is 190 cm³/mol. The molecule has 0 atom stereocenters. The topological polar surface area (TPSA) is 63.9 Å². The molecule has 0 radical (unpaired) electrons. The van der Waals surface area contributed by atoms with Crippen molar-refractivity contribution in [1.29, 1.82) is 0 Å². The van der Waals surface area contributed by atoms with Crippen LogP contribution in [0.1, 0.15) is 39.2 Å². The number of fused-ring (bicyclic) bond motifs is 2. The van der Waals surface area contributed by atoms with Gasteiger partial charge in [0.05, 0.1) is 25.3 Å². The average Bonchev–Trinajstić information content (AvgIpc) is 3.41. The molecule has 238 valence electrons. The molecule has 0 amide bonds. The number of anilines is 1. The fourth-order valence-corrected chi connectivity index (χ4v) is 7.08. The highest BCUT2D eigenvalue weighted by Gasteiger charge is 2.26. The average molecular weight is 625 g/mol. The van der Waals surface area contributed by atoms with Crippen molar-refractivity contribution in [3.8, 4) is 16.9 Å². The van der Waals surface area contributed by atoms with Crippen LogP contribution in [-0.4, -0.2) is 48.6 Å². The first kappa shape index (κ1) is 30.6. The van der Waals surface area contributed by atoms with Crippen LogP contribution in [0.25, 0.3) is 32.8 Å². The maximum absolute atomic E-state index is 13.2. The highest BCUT2D eigenvalue weighted by Crippen LogP contribution is 2.40. The molecule has 0 unspecified atom stereocenters. The van der Waals surface area contributed by atoms with E-state index >= 15 is 0 Å². The molecule has 1 fully saturated rings. The molecule has 1 N–H and O–H groups in total. The second kappa shape index (κ2) is 13.3. The fourth-order valence-electron chi connectivity index (χ4n) is 7.08. The maximum atomic E-state index is 13.2. The standard InChI is InChI=1S/C41H40N2O4/c1-28-19-20-31(29(2)26-28)27-43-39-34(33-13-5-6-17-37(33)42-21-24-46-25-22-42)14-8-15-35(39)36(40(43)41(44)45)16-9-23-47-38-18-7-11-30-10-3-4-12-32(30)38/h3-8,10-15,17-20,26H,9,16,21-25,27H2,1-2H3,(H,44,45). The van der Waals surface area contributed by atoms with Crippen molar-refractivity contribution >= 4 is 33.3 Å². The van der Waals surface area contributed by atoms with Crippen molar-refractivity contribution in [2.75, 3.05) is 37.8 Å². The minimum Gasteiger partial charge on any atom is -0.493 e. The lowest BCUT2D eigenvalue weighted by molar-refractivity contribution is 0.0684. The third-order valence-electron chi connectivity index (χ3n) is 9.34. The van der Waals surface area contributed by atoms with Gasteiger partial charge in [0, 0.05) is 47.2 Å². The van der Waals surface area contributed by atoms with Crippen molar-refractivity contribution < 1.29 is 19.4 Å². The molecule has 2 heterocycles. The van der Waals surface area contributed by atoms with Crippen LogP contribution in [0.4, 0.5) is 5.69 Å². The highest BCUT2D eigenvalue weighted by molar-refractivity contribution is 6.05. The van der Waals surface area contributed by atoms with Crippen molar-refractivity contribution in [1.82, 2.24) is 4.57 Å². The van der Waals surface area contributed by atoms with E-state index in [1.54, 1.807) is 0 Å². The van der Waals surface area contributed by atoms with Gasteiger partial charge < -0.3 is 24.0 Å². The zero-order valence-electron chi connectivity index (χ0n) is 27.0. The lowest BCUT2D eigenvalue weighted by Crippen LogP contribution is -2.36. The summed E-state index contributed by atoms with van der Waals surface area (Å²) in [7, 11) is 0. The van der Waals surface area contributed by atoms with Gasteiger partial charge in [0.15, 0.2) is 0 Å². The molecule has 5 aromatic carbocycles. The summed E-state index contributed by atoms with van der Waals surface area (Å²) in [6, 6.07) is 35.5. The van der Waals surface area contributed by atoms with Crippen LogP contribution in [0.5, 0.6) is 5.75 Å². The number of aryl methyl sites for hydroxylation is 3. The van der Waals surface area contributed by atoms with Gasteiger partial charge in [-0.05, 0) is 60.9 Å². The van der Waals surface area contributed by atoms with E-state index in [1.807, 2.05) is 28.8 Å². The number of carboxylic acid groups (broad SMARTS) is 1. The molecule has 0 spiro atoms. The predicted octanol–water partition coefficient (Wildman–Crippen LogP) is 8.67. The fraction of sp³-hybridized carbons (Fsp3) is 0.244. The van der Waals surface area contributed by atoms with E-state index in [0.29, 0.717) is 44.9 Å². The molecule has 1 aliphatic rings. The van der Waals surface area contributed by atoms with Crippen LogP contribution in [0, 0.1) is 13.8 Å². The van der Waals surface area contributed by atoms with Gasteiger partial charge in [0.25, 0.3) is 0 Å². The molecule has 0 saturated carbocycles. The van der Waals surface area contributed by atoms with Crippen molar-refractivity contribution in [3.63, 3.8) is 0 Å². The summed E-state index contributed by atoms with van der Waals surface area (Å²) in [6.45, 7) is 8.16. The zero-order chi connectivity index (χ0) is 32.3. The highest BCUT2D eigenvalue weighted by atomic mass is 16.5. The molecule has 6 nitrogen and oxygen atoms in total. The van der Waals surface area contributed by atoms with Crippen LogP contribution in [0.2, 0.25) is 0 Å². The number of hydrogen-bond acceptors (Lipinski definition) is 4. The number of aromatic nitrogens is 1. The second-order valence-electron chi connectivity index (χ2n) is 12.4. The molecule has 6 aromatic rings. The summed E-state index contributed by atoms with van der Waals surface area (Å²) in [4.78, 5) is 15.6. The van der Waals surface area contributed by atoms with E-state index in [-0.39, 0.29) is 0 Å². The van der Waals surface area contributed by atoms with E-state index in [2.05, 4.69) is 97.6 Å². The molecule has 1 aliphatic heterocycles. The Hall–Kier alpha value is -5.07. The van der Waals surface area contributed by atoms with Crippen LogP contribution in [0.15, 0.2) is 103 Å². The van der Waals surface area contributed by atoms with Gasteiger partial charge in [-0.1, -0.05) is 96.6 Å². The van der Waals surface area contributed by atoms with Gasteiger partial charge in [0.1, 0.15) is 11.4 Å². The van der Waals surface area contributed by atoms with E-state index in [0.717, 1.165) is 74.0 Å². The maximum Gasteiger partial charge on any atom is 0.352 e. The number of rotatable bonds is 10. The number of ether oxygens (including phenoxy) is 2. The third kappa shape index (κ3) is 6.09. The van der Waals surface area contributed by atoms with Gasteiger partial charge in [-0.2, -0.15) is 0 Å². The van der Waals surface area contributed by atoms with E-state index in [1.165, 1.54) is 5.56 Å².